The van der Waals surface area contributed by atoms with E-state index in [1.807, 2.05) is 6.92 Å². The van der Waals surface area contributed by atoms with Crippen molar-refractivity contribution in [3.8, 4) is 5.75 Å². The molecule has 2 unspecified atom stereocenters. The molecule has 0 saturated carbocycles. The molecule has 1 aromatic rings. The monoisotopic (exact) mass is 424 g/mol. The van der Waals surface area contributed by atoms with Gasteiger partial charge in [-0.2, -0.15) is 0 Å². The highest BCUT2D eigenvalue weighted by Gasteiger charge is 2.38. The third-order valence-electron chi connectivity index (χ3n) is 4.22. The van der Waals surface area contributed by atoms with E-state index in [2.05, 4.69) is 0 Å². The van der Waals surface area contributed by atoms with Gasteiger partial charge < -0.3 is 10.2 Å². The highest BCUT2D eigenvalue weighted by molar-refractivity contribution is 6.01. The van der Waals surface area contributed by atoms with Gasteiger partial charge in [-0.25, -0.2) is 4.79 Å². The number of aromatic hydroxyl groups is 1. The van der Waals surface area contributed by atoms with Crippen molar-refractivity contribution in [2.24, 2.45) is 0 Å². The van der Waals surface area contributed by atoms with Crippen LogP contribution in [0.25, 0.3) is 0 Å². The van der Waals surface area contributed by atoms with E-state index in [1.165, 1.54) is 30.3 Å². The normalized spacial score (nSPS) is 12.5. The van der Waals surface area contributed by atoms with Crippen LogP contribution in [0.1, 0.15) is 62.7 Å². The summed E-state index contributed by atoms with van der Waals surface area (Å²) in [6, 6.07) is 2.60. The Balaban J connectivity index is 0.00000122. The average Bonchev–Trinajstić information content (AvgIpc) is 2.67. The summed E-state index contributed by atoms with van der Waals surface area (Å²) < 4.78 is 0. The molecular formula is C20H28N2O8. The Morgan fingerprint density at radius 3 is 2.17 bits per heavy atom. The molecule has 0 saturated heterocycles. The van der Waals surface area contributed by atoms with Crippen LogP contribution in [0.4, 0.5) is 0 Å². The van der Waals surface area contributed by atoms with Crippen LogP contribution in [-0.2, 0) is 4.79 Å². The second kappa shape index (κ2) is 14.7. The maximum Gasteiger partial charge on any atom is 0.327 e. The lowest BCUT2D eigenvalue weighted by Crippen LogP contribution is -2.36. The minimum absolute atomic E-state index is 0.188. The standard InChI is InChI=1S/C16H22N2O6.C4H6O2/c1-2-3-4-5-8-12(17(21)22)11-14(18(23)24)16(20)13-9-6-7-10-15(13)19;1-2-3-4(5)6/h6-7,9-10,12,14,19H,2-5,8,11H2,1H3;2-3H,1H3,(H,5,6). The number of rotatable bonds is 12. The van der Waals surface area contributed by atoms with Gasteiger partial charge in [0.2, 0.25) is 11.8 Å². The van der Waals surface area contributed by atoms with Gasteiger partial charge in [-0.15, -0.1) is 0 Å². The predicted molar refractivity (Wildman–Crippen MR) is 110 cm³/mol. The lowest BCUT2D eigenvalue weighted by molar-refractivity contribution is -0.552. The number of hydrogen-bond donors (Lipinski definition) is 2. The van der Waals surface area contributed by atoms with Crippen molar-refractivity contribution >= 4 is 11.8 Å². The SMILES string of the molecule is CC=CC(=O)O.CCCCCCC(CC(C(=O)c1ccccc1O)[N+](=O)[O-])[N+](=O)[O-]. The van der Waals surface area contributed by atoms with Crippen LogP contribution >= 0.6 is 0 Å². The van der Waals surface area contributed by atoms with Crippen molar-refractivity contribution in [2.45, 2.75) is 64.5 Å². The summed E-state index contributed by atoms with van der Waals surface area (Å²) in [4.78, 5) is 42.9. The fraction of sp³-hybridized carbons (Fsp3) is 0.500. The molecule has 0 bridgehead atoms. The van der Waals surface area contributed by atoms with Crippen molar-refractivity contribution in [1.82, 2.24) is 0 Å². The van der Waals surface area contributed by atoms with Crippen molar-refractivity contribution in [2.75, 3.05) is 0 Å². The first-order chi connectivity index (χ1) is 14.1. The van der Waals surface area contributed by atoms with Gasteiger partial charge in [-0.1, -0.05) is 44.4 Å². The van der Waals surface area contributed by atoms with Crippen LogP contribution in [0.2, 0.25) is 0 Å². The molecule has 0 spiro atoms. The van der Waals surface area contributed by atoms with Crippen LogP contribution in [-0.4, -0.2) is 43.9 Å². The Morgan fingerprint density at radius 1 is 1.10 bits per heavy atom. The van der Waals surface area contributed by atoms with Crippen molar-refractivity contribution in [3.05, 3.63) is 62.2 Å². The summed E-state index contributed by atoms with van der Waals surface area (Å²) in [5, 5.41) is 39.9. The molecule has 10 nitrogen and oxygen atoms in total. The van der Waals surface area contributed by atoms with Crippen LogP contribution in [0.3, 0.4) is 0 Å². The summed E-state index contributed by atoms with van der Waals surface area (Å²) in [6.07, 6.45) is 5.62. The first-order valence-electron chi connectivity index (χ1n) is 9.60. The highest BCUT2D eigenvalue weighted by atomic mass is 16.6. The molecule has 0 heterocycles. The number of aliphatic carboxylic acids is 1. The first-order valence-corrected chi connectivity index (χ1v) is 9.60. The van der Waals surface area contributed by atoms with Gasteiger partial charge in [0, 0.05) is 22.3 Å². The summed E-state index contributed by atoms with van der Waals surface area (Å²) >= 11 is 0. The molecule has 0 aliphatic rings. The summed E-state index contributed by atoms with van der Waals surface area (Å²) in [5.41, 5.74) is -0.188. The smallest absolute Gasteiger partial charge is 0.327 e. The molecule has 1 aromatic carbocycles. The van der Waals surface area contributed by atoms with Gasteiger partial charge in [-0.3, -0.25) is 25.0 Å². The number of ketones is 1. The van der Waals surface area contributed by atoms with Crippen LogP contribution < -0.4 is 0 Å². The molecule has 0 amide bonds. The maximum absolute atomic E-state index is 12.3. The minimum atomic E-state index is -1.74. The Kier molecular flexibility index (Phi) is 13.1. The van der Waals surface area contributed by atoms with E-state index in [4.69, 9.17) is 5.11 Å². The number of carbonyl (C=O) groups excluding carboxylic acids is 1. The topological polar surface area (TPSA) is 161 Å². The second-order valence-corrected chi connectivity index (χ2v) is 6.55. The molecule has 1 rings (SSSR count). The third kappa shape index (κ3) is 10.3. The first kappa shape index (κ1) is 26.7. The van der Waals surface area contributed by atoms with Gasteiger partial charge in [0.25, 0.3) is 6.04 Å². The number of carbonyl (C=O) groups is 2. The Bertz CT molecular complexity index is 748. The molecule has 0 aromatic heterocycles. The molecule has 30 heavy (non-hydrogen) atoms. The van der Waals surface area contributed by atoms with E-state index < -0.39 is 40.1 Å². The van der Waals surface area contributed by atoms with Crippen molar-refractivity contribution < 1.29 is 29.6 Å². The van der Waals surface area contributed by atoms with E-state index in [0.717, 1.165) is 25.3 Å². The number of phenolic OH excluding ortho intramolecular Hbond substituents is 1. The van der Waals surface area contributed by atoms with E-state index >= 15 is 0 Å². The van der Waals surface area contributed by atoms with Crippen LogP contribution in [0.5, 0.6) is 5.75 Å². The van der Waals surface area contributed by atoms with E-state index in [-0.39, 0.29) is 17.7 Å². The third-order valence-corrected chi connectivity index (χ3v) is 4.22. The number of hydrogen-bond acceptors (Lipinski definition) is 7. The molecule has 0 aliphatic carbocycles. The van der Waals surface area contributed by atoms with Gasteiger partial charge in [-0.05, 0) is 25.5 Å². The summed E-state index contributed by atoms with van der Waals surface area (Å²) in [5.74, 6) is -2.16. The Hall–Kier alpha value is -3.30. The largest absolute Gasteiger partial charge is 0.507 e. The van der Waals surface area contributed by atoms with Crippen molar-refractivity contribution in [1.29, 1.82) is 0 Å². The Morgan fingerprint density at radius 2 is 1.73 bits per heavy atom. The van der Waals surface area contributed by atoms with E-state index in [9.17, 15) is 34.9 Å². The maximum atomic E-state index is 12.3. The number of phenols is 1. The molecule has 0 aliphatic heterocycles. The van der Waals surface area contributed by atoms with Gasteiger partial charge in [0.15, 0.2) is 0 Å². The number of allylic oxidation sites excluding steroid dienone is 1. The number of nitrogens with zero attached hydrogens (tertiary/aromatic N) is 2. The van der Waals surface area contributed by atoms with Gasteiger partial charge >= 0.3 is 5.97 Å². The molecule has 166 valence electrons. The zero-order chi connectivity index (χ0) is 23.1. The quantitative estimate of drug-likeness (QED) is 0.168. The molecule has 2 N–H and O–H groups in total. The molecular weight excluding hydrogens is 396 g/mol. The predicted octanol–water partition coefficient (Wildman–Crippen LogP) is 3.87. The number of carboxylic acid groups (broad SMARTS) is 1. The second-order valence-electron chi connectivity index (χ2n) is 6.55. The number of Topliss-reactive ketones (excluding diaryl/α,β-unsaturated/α-hetero) is 1. The number of benzene rings is 1. The van der Waals surface area contributed by atoms with Gasteiger partial charge in [0.05, 0.1) is 12.0 Å². The minimum Gasteiger partial charge on any atom is -0.507 e. The van der Waals surface area contributed by atoms with Crippen LogP contribution in [0.15, 0.2) is 36.4 Å². The van der Waals surface area contributed by atoms with Gasteiger partial charge in [0.1, 0.15) is 5.75 Å². The zero-order valence-corrected chi connectivity index (χ0v) is 17.1. The Labute approximate surface area is 174 Å². The zero-order valence-electron chi connectivity index (χ0n) is 17.1. The average molecular weight is 424 g/mol. The fourth-order valence-electron chi connectivity index (χ4n) is 2.67. The number of nitro groups is 2. The lowest BCUT2D eigenvalue weighted by atomic mass is 9.95. The molecule has 2 atom stereocenters. The van der Waals surface area contributed by atoms with E-state index in [0.29, 0.717) is 6.42 Å². The fourth-order valence-corrected chi connectivity index (χ4v) is 2.67. The van der Waals surface area contributed by atoms with E-state index in [1.54, 1.807) is 6.92 Å². The number of unbranched alkanes of at least 4 members (excludes halogenated alkanes) is 3. The highest BCUT2D eigenvalue weighted by Crippen LogP contribution is 2.22. The molecule has 0 fully saturated rings. The van der Waals surface area contributed by atoms with Crippen LogP contribution in [0, 0.1) is 20.2 Å². The van der Waals surface area contributed by atoms with Crippen molar-refractivity contribution in [3.63, 3.8) is 0 Å². The number of carboxylic acids is 1. The number of para-hydroxylation sites is 1. The summed E-state index contributed by atoms with van der Waals surface area (Å²) in [6.45, 7) is 3.67. The molecule has 10 heteroatoms. The summed E-state index contributed by atoms with van der Waals surface area (Å²) in [7, 11) is 0. The molecule has 0 radical (unpaired) electrons. The lowest BCUT2D eigenvalue weighted by Gasteiger charge is -2.13.